The number of piperidine rings is 1. The highest BCUT2D eigenvalue weighted by Crippen LogP contribution is 2.31. The Balaban J connectivity index is 1.24. The van der Waals surface area contributed by atoms with Crippen molar-refractivity contribution in [2.45, 2.75) is 30.6 Å². The molecule has 2 aromatic heterocycles. The summed E-state index contributed by atoms with van der Waals surface area (Å²) in [5.74, 6) is -0.193. The first kappa shape index (κ1) is 21.8. The Labute approximate surface area is 196 Å². The second-order valence-electron chi connectivity index (χ2n) is 8.12. The van der Waals surface area contributed by atoms with Crippen LogP contribution in [0.4, 0.5) is 5.13 Å². The maximum atomic E-state index is 12.8. The van der Waals surface area contributed by atoms with E-state index in [1.807, 2.05) is 35.8 Å². The summed E-state index contributed by atoms with van der Waals surface area (Å²) < 4.78 is 27.1. The van der Waals surface area contributed by atoms with Crippen molar-refractivity contribution in [1.29, 1.82) is 0 Å². The van der Waals surface area contributed by atoms with Crippen LogP contribution in [-0.2, 0) is 21.2 Å². The molecule has 4 aromatic rings. The fraction of sp³-hybridized carbons (Fsp3) is 0.250. The van der Waals surface area contributed by atoms with Gasteiger partial charge in [-0.2, -0.15) is 4.31 Å². The number of hydrogen-bond donors (Lipinski definition) is 2. The summed E-state index contributed by atoms with van der Waals surface area (Å²) in [5.41, 5.74) is 3.59. The van der Waals surface area contributed by atoms with Crippen LogP contribution in [0.3, 0.4) is 0 Å². The molecule has 3 heterocycles. The number of hydrogen-bond acceptors (Lipinski definition) is 5. The summed E-state index contributed by atoms with van der Waals surface area (Å²) in [4.78, 5) is 20.6. The number of fused-ring (bicyclic) bond motifs is 1. The smallest absolute Gasteiger partial charge is 0.243 e. The number of thiazole rings is 1. The van der Waals surface area contributed by atoms with Crippen LogP contribution < -0.4 is 5.32 Å². The molecule has 0 unspecified atom stereocenters. The molecular formula is C24H24N4O3S2. The molecule has 1 fully saturated rings. The normalized spacial score (nSPS) is 15.0. The van der Waals surface area contributed by atoms with Crippen LogP contribution in [0.1, 0.15) is 24.8 Å². The van der Waals surface area contributed by atoms with E-state index >= 15 is 0 Å². The molecule has 0 bridgehead atoms. The van der Waals surface area contributed by atoms with Gasteiger partial charge >= 0.3 is 0 Å². The largest absolute Gasteiger partial charge is 0.360 e. The lowest BCUT2D eigenvalue weighted by molar-refractivity contribution is -0.115. The number of sulfonamides is 1. The van der Waals surface area contributed by atoms with E-state index in [-0.39, 0.29) is 17.2 Å². The van der Waals surface area contributed by atoms with E-state index in [1.54, 1.807) is 28.6 Å². The number of carbonyl (C=O) groups excluding carboxylic acids is 1. The average molecular weight is 481 g/mol. The number of benzene rings is 2. The van der Waals surface area contributed by atoms with Gasteiger partial charge in [-0.25, -0.2) is 13.4 Å². The Kier molecular flexibility index (Phi) is 6.01. The monoisotopic (exact) mass is 480 g/mol. The maximum Gasteiger partial charge on any atom is 0.243 e. The molecule has 1 aliphatic rings. The number of para-hydroxylation sites is 1. The van der Waals surface area contributed by atoms with Crippen molar-refractivity contribution in [3.05, 3.63) is 65.7 Å². The highest BCUT2D eigenvalue weighted by molar-refractivity contribution is 7.89. The van der Waals surface area contributed by atoms with Gasteiger partial charge in [-0.3, -0.25) is 4.79 Å². The number of nitrogens with zero attached hydrogens (tertiary/aromatic N) is 2. The predicted molar refractivity (Wildman–Crippen MR) is 131 cm³/mol. The number of aromatic amines is 1. The van der Waals surface area contributed by atoms with Crippen molar-refractivity contribution in [2.24, 2.45) is 0 Å². The van der Waals surface area contributed by atoms with E-state index < -0.39 is 10.0 Å². The van der Waals surface area contributed by atoms with Crippen molar-refractivity contribution in [1.82, 2.24) is 14.3 Å². The van der Waals surface area contributed by atoms with Crippen LogP contribution >= 0.6 is 11.3 Å². The topological polar surface area (TPSA) is 95.2 Å². The zero-order valence-electron chi connectivity index (χ0n) is 18.0. The van der Waals surface area contributed by atoms with E-state index in [1.165, 1.54) is 11.3 Å². The second kappa shape index (κ2) is 9.09. The van der Waals surface area contributed by atoms with Gasteiger partial charge in [0.2, 0.25) is 15.9 Å². The van der Waals surface area contributed by atoms with Crippen molar-refractivity contribution < 1.29 is 13.2 Å². The molecule has 0 atom stereocenters. The van der Waals surface area contributed by atoms with E-state index in [2.05, 4.69) is 15.3 Å². The third-order valence-electron chi connectivity index (χ3n) is 5.86. The lowest BCUT2D eigenvalue weighted by atomic mass is 10.1. The molecule has 33 heavy (non-hydrogen) atoms. The Morgan fingerprint density at radius 1 is 1.06 bits per heavy atom. The number of anilines is 1. The summed E-state index contributed by atoms with van der Waals surface area (Å²) in [6.07, 6.45) is 4.94. The first-order valence-electron chi connectivity index (χ1n) is 10.9. The molecule has 0 aliphatic carbocycles. The van der Waals surface area contributed by atoms with Crippen molar-refractivity contribution in [3.8, 4) is 11.3 Å². The summed E-state index contributed by atoms with van der Waals surface area (Å²) in [5, 5.41) is 6.39. The summed E-state index contributed by atoms with van der Waals surface area (Å²) >= 11 is 1.38. The van der Waals surface area contributed by atoms with Gasteiger partial charge in [0.25, 0.3) is 0 Å². The van der Waals surface area contributed by atoms with Crippen LogP contribution in [0.2, 0.25) is 0 Å². The number of carbonyl (C=O) groups is 1. The number of amides is 1. The number of aromatic nitrogens is 2. The van der Waals surface area contributed by atoms with Gasteiger partial charge in [-0.05, 0) is 36.6 Å². The summed E-state index contributed by atoms with van der Waals surface area (Å²) in [6, 6.07) is 14.6. The molecule has 0 spiro atoms. The summed E-state index contributed by atoms with van der Waals surface area (Å²) in [6.45, 7) is 1.14. The minimum absolute atomic E-state index is 0.145. The Bertz CT molecular complexity index is 1380. The Morgan fingerprint density at radius 2 is 1.82 bits per heavy atom. The van der Waals surface area contributed by atoms with Crippen molar-refractivity contribution in [2.75, 3.05) is 18.4 Å². The van der Waals surface area contributed by atoms with Crippen LogP contribution in [0.5, 0.6) is 0 Å². The van der Waals surface area contributed by atoms with Crippen LogP contribution in [0, 0.1) is 0 Å². The van der Waals surface area contributed by atoms with Gasteiger partial charge in [0.1, 0.15) is 0 Å². The van der Waals surface area contributed by atoms with Crippen molar-refractivity contribution >= 4 is 43.3 Å². The maximum absolute atomic E-state index is 12.8. The van der Waals surface area contributed by atoms with Gasteiger partial charge in [-0.15, -0.1) is 11.3 Å². The van der Waals surface area contributed by atoms with Gasteiger partial charge in [0, 0.05) is 41.1 Å². The first-order chi connectivity index (χ1) is 16.0. The summed E-state index contributed by atoms with van der Waals surface area (Å²) in [7, 11) is -3.47. The molecular weight excluding hydrogens is 456 g/mol. The highest BCUT2D eigenvalue weighted by atomic mass is 32.2. The fourth-order valence-electron chi connectivity index (χ4n) is 4.12. The lowest BCUT2D eigenvalue weighted by Crippen LogP contribution is -2.35. The average Bonchev–Trinajstić information content (AvgIpc) is 3.47. The zero-order chi connectivity index (χ0) is 22.8. The third-order valence-corrected chi connectivity index (χ3v) is 8.53. The molecule has 0 radical (unpaired) electrons. The molecule has 7 nitrogen and oxygen atoms in total. The van der Waals surface area contributed by atoms with E-state index in [0.29, 0.717) is 18.2 Å². The highest BCUT2D eigenvalue weighted by Gasteiger charge is 2.25. The minimum atomic E-state index is -3.47. The lowest BCUT2D eigenvalue weighted by Gasteiger charge is -2.25. The molecule has 170 valence electrons. The fourth-order valence-corrected chi connectivity index (χ4v) is 6.36. The number of rotatable bonds is 6. The minimum Gasteiger partial charge on any atom is -0.360 e. The molecule has 2 aromatic carbocycles. The quantitative estimate of drug-likeness (QED) is 0.420. The van der Waals surface area contributed by atoms with Gasteiger partial charge < -0.3 is 10.3 Å². The Hall–Kier alpha value is -3.01. The molecule has 0 saturated carbocycles. The standard InChI is InChI=1S/C24H24N4O3S2/c29-23(14-17-8-10-18(11-9-17)33(30,31)28-12-4-1-5-13-28)27-24-26-22(16-32-24)20-15-25-21-7-3-2-6-19(20)21/h2-3,6-11,15-16,25H,1,4-5,12-14H2,(H,26,27,29). The number of nitrogens with one attached hydrogen (secondary N) is 2. The van der Waals surface area contributed by atoms with Gasteiger partial charge in [0.05, 0.1) is 17.0 Å². The molecule has 1 amide bonds. The van der Waals surface area contributed by atoms with Crippen molar-refractivity contribution in [3.63, 3.8) is 0 Å². The third kappa shape index (κ3) is 4.57. The van der Waals surface area contributed by atoms with Gasteiger partial charge in [0.15, 0.2) is 5.13 Å². The van der Waals surface area contributed by atoms with Gasteiger partial charge in [-0.1, -0.05) is 36.8 Å². The molecule has 5 rings (SSSR count). The van der Waals surface area contributed by atoms with E-state index in [4.69, 9.17) is 0 Å². The SMILES string of the molecule is O=C(Cc1ccc(S(=O)(=O)N2CCCCC2)cc1)Nc1nc(-c2c[nH]c3ccccc23)cs1. The zero-order valence-corrected chi connectivity index (χ0v) is 19.6. The molecule has 2 N–H and O–H groups in total. The number of H-pyrrole nitrogens is 1. The van der Waals surface area contributed by atoms with E-state index in [0.717, 1.165) is 47.0 Å². The second-order valence-corrected chi connectivity index (χ2v) is 10.9. The van der Waals surface area contributed by atoms with Crippen LogP contribution in [0.15, 0.2) is 65.0 Å². The predicted octanol–water partition coefficient (Wildman–Crippen LogP) is 4.65. The molecule has 1 aliphatic heterocycles. The van der Waals surface area contributed by atoms with Crippen LogP contribution in [0.25, 0.3) is 22.2 Å². The molecule has 9 heteroatoms. The first-order valence-corrected chi connectivity index (χ1v) is 13.2. The van der Waals surface area contributed by atoms with Crippen LogP contribution in [-0.4, -0.2) is 41.7 Å². The van der Waals surface area contributed by atoms with E-state index in [9.17, 15) is 13.2 Å². The molecule has 1 saturated heterocycles. The Morgan fingerprint density at radius 3 is 2.61 bits per heavy atom.